The first kappa shape index (κ1) is 10.2. The van der Waals surface area contributed by atoms with E-state index < -0.39 is 0 Å². The van der Waals surface area contributed by atoms with Gasteiger partial charge >= 0.3 is 0 Å². The van der Waals surface area contributed by atoms with Crippen molar-refractivity contribution in [3.8, 4) is 0 Å². The van der Waals surface area contributed by atoms with Crippen molar-refractivity contribution in [3.05, 3.63) is 23.5 Å². The average molecular weight is 226 g/mol. The van der Waals surface area contributed by atoms with Crippen molar-refractivity contribution >= 4 is 23.2 Å². The number of pyridine rings is 1. The molecule has 2 N–H and O–H groups in total. The van der Waals surface area contributed by atoms with E-state index in [1.807, 2.05) is 0 Å². The molecule has 1 aliphatic rings. The molecule has 5 heteroatoms. The summed E-state index contributed by atoms with van der Waals surface area (Å²) in [7, 11) is 0. The largest absolute Gasteiger partial charge is 0.376 e. The van der Waals surface area contributed by atoms with Gasteiger partial charge in [0.2, 0.25) is 5.91 Å². The van der Waals surface area contributed by atoms with Crippen LogP contribution in [0.25, 0.3) is 0 Å². The second kappa shape index (κ2) is 4.49. The number of rotatable bonds is 4. The third kappa shape index (κ3) is 3.40. The number of nitrogens with one attached hydrogen (secondary N) is 2. The first-order chi connectivity index (χ1) is 7.24. The quantitative estimate of drug-likeness (QED) is 0.763. The lowest BCUT2D eigenvalue weighted by atomic mass is 10.4. The zero-order valence-electron chi connectivity index (χ0n) is 8.16. The lowest BCUT2D eigenvalue weighted by Gasteiger charge is -2.06. The monoisotopic (exact) mass is 225 g/mol. The summed E-state index contributed by atoms with van der Waals surface area (Å²) in [6.07, 6.45) is 3.81. The van der Waals surface area contributed by atoms with Gasteiger partial charge in [-0.05, 0) is 25.0 Å². The summed E-state index contributed by atoms with van der Waals surface area (Å²) >= 11 is 5.70. The Kier molecular flexibility index (Phi) is 3.06. The zero-order chi connectivity index (χ0) is 10.7. The minimum absolute atomic E-state index is 0.0189. The third-order valence-corrected chi connectivity index (χ3v) is 2.33. The van der Waals surface area contributed by atoms with E-state index in [9.17, 15) is 4.79 Å². The van der Waals surface area contributed by atoms with Crippen LogP contribution >= 0.6 is 11.6 Å². The Morgan fingerprint density at radius 2 is 2.40 bits per heavy atom. The molecule has 1 aromatic heterocycles. The second-order valence-electron chi connectivity index (χ2n) is 3.56. The predicted molar refractivity (Wildman–Crippen MR) is 58.9 cm³/mol. The number of halogens is 1. The molecule has 1 aliphatic carbocycles. The van der Waals surface area contributed by atoms with E-state index in [1.165, 1.54) is 0 Å². The maximum absolute atomic E-state index is 11.3. The highest BCUT2D eigenvalue weighted by atomic mass is 35.5. The molecular weight excluding hydrogens is 214 g/mol. The van der Waals surface area contributed by atoms with Crippen molar-refractivity contribution in [1.82, 2.24) is 10.3 Å². The van der Waals surface area contributed by atoms with Crippen LogP contribution in [0.3, 0.4) is 0 Å². The first-order valence-corrected chi connectivity index (χ1v) is 5.26. The van der Waals surface area contributed by atoms with Crippen molar-refractivity contribution in [3.63, 3.8) is 0 Å². The molecule has 0 aliphatic heterocycles. The highest BCUT2D eigenvalue weighted by molar-refractivity contribution is 6.29. The molecule has 0 saturated heterocycles. The number of aromatic nitrogens is 1. The number of amides is 1. The standard InChI is InChI=1S/C10H12ClN3O/c11-9-5-8(3-4-12-9)13-6-10(15)14-7-1-2-7/h3-5,7H,1-2,6H2,(H,12,13)(H,14,15). The summed E-state index contributed by atoms with van der Waals surface area (Å²) in [5.41, 5.74) is 0.806. The molecule has 15 heavy (non-hydrogen) atoms. The Morgan fingerprint density at radius 1 is 1.60 bits per heavy atom. The summed E-state index contributed by atoms with van der Waals surface area (Å²) in [5, 5.41) is 6.29. The normalized spacial score (nSPS) is 14.7. The third-order valence-electron chi connectivity index (χ3n) is 2.12. The van der Waals surface area contributed by atoms with Gasteiger partial charge in [0.1, 0.15) is 5.15 Å². The van der Waals surface area contributed by atoms with Gasteiger partial charge in [0, 0.05) is 17.9 Å². The molecule has 0 unspecified atom stereocenters. The van der Waals surface area contributed by atoms with Crippen LogP contribution in [0.2, 0.25) is 5.15 Å². The molecule has 1 fully saturated rings. The molecule has 2 rings (SSSR count). The van der Waals surface area contributed by atoms with Gasteiger partial charge in [-0.25, -0.2) is 4.98 Å². The summed E-state index contributed by atoms with van der Waals surface area (Å²) in [4.78, 5) is 15.2. The van der Waals surface area contributed by atoms with Crippen LogP contribution in [0.15, 0.2) is 18.3 Å². The molecule has 1 heterocycles. The van der Waals surface area contributed by atoms with Crippen LogP contribution in [0, 0.1) is 0 Å². The molecule has 80 valence electrons. The number of hydrogen-bond donors (Lipinski definition) is 2. The smallest absolute Gasteiger partial charge is 0.239 e. The van der Waals surface area contributed by atoms with E-state index in [2.05, 4.69) is 15.6 Å². The van der Waals surface area contributed by atoms with Gasteiger partial charge in [0.15, 0.2) is 0 Å². The molecule has 0 aromatic carbocycles. The fourth-order valence-corrected chi connectivity index (χ4v) is 1.38. The van der Waals surface area contributed by atoms with Crippen molar-refractivity contribution in [2.45, 2.75) is 18.9 Å². The van der Waals surface area contributed by atoms with E-state index in [0.717, 1.165) is 18.5 Å². The summed E-state index contributed by atoms with van der Waals surface area (Å²) in [6.45, 7) is 0.275. The van der Waals surface area contributed by atoms with Gasteiger partial charge in [-0.3, -0.25) is 4.79 Å². The predicted octanol–water partition coefficient (Wildman–Crippen LogP) is 1.43. The van der Waals surface area contributed by atoms with Gasteiger partial charge in [-0.2, -0.15) is 0 Å². The Labute approximate surface area is 93.0 Å². The topological polar surface area (TPSA) is 54.0 Å². The highest BCUT2D eigenvalue weighted by Gasteiger charge is 2.22. The van der Waals surface area contributed by atoms with Gasteiger partial charge in [-0.15, -0.1) is 0 Å². The van der Waals surface area contributed by atoms with Gasteiger partial charge in [-0.1, -0.05) is 11.6 Å². The maximum atomic E-state index is 11.3. The number of anilines is 1. The van der Waals surface area contributed by atoms with Crippen molar-refractivity contribution in [2.24, 2.45) is 0 Å². The number of hydrogen-bond acceptors (Lipinski definition) is 3. The molecule has 4 nitrogen and oxygen atoms in total. The van der Waals surface area contributed by atoms with Crippen LogP contribution in [0.5, 0.6) is 0 Å². The Morgan fingerprint density at radius 3 is 3.07 bits per heavy atom. The van der Waals surface area contributed by atoms with Crippen LogP contribution in [-0.2, 0) is 4.79 Å². The van der Waals surface area contributed by atoms with E-state index >= 15 is 0 Å². The van der Waals surface area contributed by atoms with Crippen LogP contribution in [0.1, 0.15) is 12.8 Å². The maximum Gasteiger partial charge on any atom is 0.239 e. The summed E-state index contributed by atoms with van der Waals surface area (Å²) in [6, 6.07) is 3.86. The molecule has 1 aromatic rings. The lowest BCUT2D eigenvalue weighted by Crippen LogP contribution is -2.31. The van der Waals surface area contributed by atoms with Crippen LogP contribution < -0.4 is 10.6 Å². The Bertz CT molecular complexity index is 365. The van der Waals surface area contributed by atoms with E-state index in [-0.39, 0.29) is 12.5 Å². The van der Waals surface area contributed by atoms with Crippen molar-refractivity contribution in [1.29, 1.82) is 0 Å². The van der Waals surface area contributed by atoms with E-state index in [4.69, 9.17) is 11.6 Å². The number of carbonyl (C=O) groups excluding carboxylic acids is 1. The minimum Gasteiger partial charge on any atom is -0.376 e. The molecule has 0 radical (unpaired) electrons. The minimum atomic E-state index is 0.0189. The first-order valence-electron chi connectivity index (χ1n) is 4.89. The van der Waals surface area contributed by atoms with E-state index in [0.29, 0.717) is 11.2 Å². The SMILES string of the molecule is O=C(CNc1ccnc(Cl)c1)NC1CC1. The van der Waals surface area contributed by atoms with Crippen molar-refractivity contribution in [2.75, 3.05) is 11.9 Å². The van der Waals surface area contributed by atoms with Crippen LogP contribution in [0.4, 0.5) is 5.69 Å². The lowest BCUT2D eigenvalue weighted by molar-refractivity contribution is -0.119. The summed E-state index contributed by atoms with van der Waals surface area (Å²) in [5.74, 6) is 0.0189. The molecule has 0 spiro atoms. The Balaban J connectivity index is 1.78. The van der Waals surface area contributed by atoms with Gasteiger partial charge in [0.25, 0.3) is 0 Å². The molecular formula is C10H12ClN3O. The molecule has 0 bridgehead atoms. The molecule has 1 amide bonds. The van der Waals surface area contributed by atoms with Crippen molar-refractivity contribution < 1.29 is 4.79 Å². The Hall–Kier alpha value is -1.29. The highest BCUT2D eigenvalue weighted by Crippen LogP contribution is 2.18. The average Bonchev–Trinajstić information content (AvgIpc) is 2.99. The van der Waals surface area contributed by atoms with E-state index in [1.54, 1.807) is 18.3 Å². The van der Waals surface area contributed by atoms with Gasteiger partial charge < -0.3 is 10.6 Å². The fraction of sp³-hybridized carbons (Fsp3) is 0.400. The molecule has 0 atom stereocenters. The van der Waals surface area contributed by atoms with Crippen LogP contribution in [-0.4, -0.2) is 23.5 Å². The van der Waals surface area contributed by atoms with Gasteiger partial charge in [0.05, 0.1) is 6.54 Å². The number of nitrogens with zero attached hydrogens (tertiary/aromatic N) is 1. The summed E-state index contributed by atoms with van der Waals surface area (Å²) < 4.78 is 0. The zero-order valence-corrected chi connectivity index (χ0v) is 8.92. The number of carbonyl (C=O) groups is 1. The fourth-order valence-electron chi connectivity index (χ4n) is 1.20. The second-order valence-corrected chi connectivity index (χ2v) is 3.95. The molecule has 1 saturated carbocycles.